The normalized spacial score (nSPS) is 10.8. The molecule has 21 heavy (non-hydrogen) atoms. The van der Waals surface area contributed by atoms with E-state index in [0.29, 0.717) is 23.0 Å². The first-order valence-corrected chi connectivity index (χ1v) is 7.41. The van der Waals surface area contributed by atoms with Gasteiger partial charge in [-0.25, -0.2) is 4.98 Å². The number of aryl methyl sites for hydroxylation is 1. The first-order valence-electron chi connectivity index (χ1n) is 7.00. The molecule has 0 saturated carbocycles. The third-order valence-corrected chi connectivity index (χ3v) is 3.53. The minimum atomic E-state index is 0.446. The van der Waals surface area contributed by atoms with Crippen LogP contribution in [0.4, 0.5) is 0 Å². The first kappa shape index (κ1) is 15.6. The zero-order chi connectivity index (χ0) is 15.4. The molecule has 0 unspecified atom stereocenters. The molecule has 0 atom stereocenters. The van der Waals surface area contributed by atoms with Crippen LogP contribution in [0, 0.1) is 0 Å². The zero-order valence-corrected chi connectivity index (χ0v) is 13.5. The smallest absolute Gasteiger partial charge is 0.163 e. The van der Waals surface area contributed by atoms with Gasteiger partial charge < -0.3 is 19.8 Å². The predicted molar refractivity (Wildman–Crippen MR) is 88.2 cm³/mol. The van der Waals surface area contributed by atoms with Crippen LogP contribution in [0.1, 0.15) is 25.6 Å². The van der Waals surface area contributed by atoms with Crippen molar-refractivity contribution in [3.8, 4) is 11.5 Å². The van der Waals surface area contributed by atoms with E-state index in [1.807, 2.05) is 12.1 Å². The van der Waals surface area contributed by atoms with Crippen LogP contribution in [0.2, 0.25) is 0 Å². The maximum atomic E-state index is 5.73. The van der Waals surface area contributed by atoms with E-state index in [9.17, 15) is 0 Å². The van der Waals surface area contributed by atoms with E-state index in [4.69, 9.17) is 32.4 Å². The Bertz CT molecular complexity index is 652. The first-order chi connectivity index (χ1) is 10.1. The van der Waals surface area contributed by atoms with Crippen molar-refractivity contribution in [3.05, 3.63) is 18.0 Å². The lowest BCUT2D eigenvalue weighted by atomic mass is 10.2. The number of unbranched alkanes of at least 4 members (excludes halogenated alkanes) is 1. The molecule has 114 valence electrons. The predicted octanol–water partition coefficient (Wildman–Crippen LogP) is 2.68. The summed E-state index contributed by atoms with van der Waals surface area (Å²) >= 11 is 5.06. The van der Waals surface area contributed by atoms with Crippen molar-refractivity contribution in [1.29, 1.82) is 0 Å². The van der Waals surface area contributed by atoms with E-state index < -0.39 is 0 Å². The van der Waals surface area contributed by atoms with E-state index in [1.165, 1.54) is 0 Å². The van der Waals surface area contributed by atoms with Gasteiger partial charge in [-0.3, -0.25) is 0 Å². The van der Waals surface area contributed by atoms with Crippen LogP contribution in [-0.2, 0) is 13.0 Å². The number of imidazole rings is 1. The Balaban J connectivity index is 2.58. The lowest BCUT2D eigenvalue weighted by Gasteiger charge is -2.10. The van der Waals surface area contributed by atoms with Crippen LogP contribution < -0.4 is 15.2 Å². The number of benzene rings is 1. The lowest BCUT2D eigenvalue weighted by Crippen LogP contribution is -2.18. The topological polar surface area (TPSA) is 62.3 Å². The molecule has 0 saturated heterocycles. The van der Waals surface area contributed by atoms with Crippen LogP contribution in [0.15, 0.2) is 12.1 Å². The number of ether oxygens (including phenoxy) is 2. The minimum absolute atomic E-state index is 0.446. The summed E-state index contributed by atoms with van der Waals surface area (Å²) in [6, 6.07) is 3.81. The van der Waals surface area contributed by atoms with Gasteiger partial charge >= 0.3 is 0 Å². The molecule has 5 nitrogen and oxygen atoms in total. The van der Waals surface area contributed by atoms with Gasteiger partial charge in [0.1, 0.15) is 5.82 Å². The van der Waals surface area contributed by atoms with Crippen molar-refractivity contribution in [2.24, 2.45) is 5.73 Å². The Labute approximate surface area is 130 Å². The molecule has 0 bridgehead atoms. The Morgan fingerprint density at radius 3 is 2.52 bits per heavy atom. The molecule has 2 N–H and O–H groups in total. The zero-order valence-electron chi connectivity index (χ0n) is 12.7. The van der Waals surface area contributed by atoms with Gasteiger partial charge in [0.05, 0.1) is 36.8 Å². The van der Waals surface area contributed by atoms with E-state index in [1.54, 1.807) is 14.2 Å². The Morgan fingerprint density at radius 2 is 1.95 bits per heavy atom. The highest BCUT2D eigenvalue weighted by Crippen LogP contribution is 2.32. The summed E-state index contributed by atoms with van der Waals surface area (Å²) in [6.45, 7) is 2.65. The minimum Gasteiger partial charge on any atom is -0.493 e. The van der Waals surface area contributed by atoms with Gasteiger partial charge in [-0.2, -0.15) is 0 Å². The van der Waals surface area contributed by atoms with E-state index in [-0.39, 0.29) is 0 Å². The molecule has 0 aliphatic heterocycles. The van der Waals surface area contributed by atoms with E-state index >= 15 is 0 Å². The summed E-state index contributed by atoms with van der Waals surface area (Å²) in [5, 5.41) is 0. The molecule has 1 heterocycles. The van der Waals surface area contributed by atoms with Gasteiger partial charge in [0.2, 0.25) is 0 Å². The molecular weight excluding hydrogens is 286 g/mol. The number of rotatable bonds is 7. The number of methoxy groups -OCH3 is 2. The van der Waals surface area contributed by atoms with E-state index in [0.717, 1.165) is 36.1 Å². The Hall–Kier alpha value is -1.82. The van der Waals surface area contributed by atoms with Crippen molar-refractivity contribution in [2.75, 3.05) is 14.2 Å². The van der Waals surface area contributed by atoms with Gasteiger partial charge in [0.15, 0.2) is 11.5 Å². The highest BCUT2D eigenvalue weighted by Gasteiger charge is 2.15. The number of nitrogens with two attached hydrogens (primary N) is 1. The number of aromatic nitrogens is 2. The van der Waals surface area contributed by atoms with Crippen LogP contribution in [0.25, 0.3) is 11.0 Å². The number of fused-ring (bicyclic) bond motifs is 1. The van der Waals surface area contributed by atoms with Gasteiger partial charge in [0, 0.05) is 18.6 Å². The molecular formula is C15H21N3O2S. The van der Waals surface area contributed by atoms with Gasteiger partial charge in [-0.1, -0.05) is 25.6 Å². The second-order valence-electron chi connectivity index (χ2n) is 4.88. The molecule has 2 rings (SSSR count). The van der Waals surface area contributed by atoms with Crippen molar-refractivity contribution in [2.45, 2.75) is 32.7 Å². The van der Waals surface area contributed by atoms with Crippen LogP contribution in [0.5, 0.6) is 11.5 Å². The summed E-state index contributed by atoms with van der Waals surface area (Å²) in [6.07, 6.45) is 3.09. The maximum Gasteiger partial charge on any atom is 0.163 e. The van der Waals surface area contributed by atoms with Crippen molar-refractivity contribution in [1.82, 2.24) is 9.55 Å². The van der Waals surface area contributed by atoms with E-state index in [2.05, 4.69) is 11.5 Å². The lowest BCUT2D eigenvalue weighted by molar-refractivity contribution is 0.355. The molecule has 1 aromatic heterocycles. The van der Waals surface area contributed by atoms with Crippen LogP contribution in [0.3, 0.4) is 0 Å². The Kier molecular flexibility index (Phi) is 5.01. The number of thiocarbonyl (C=S) groups is 1. The molecule has 1 aromatic carbocycles. The van der Waals surface area contributed by atoms with Gasteiger partial charge in [-0.05, 0) is 6.42 Å². The summed E-state index contributed by atoms with van der Waals surface area (Å²) in [7, 11) is 3.24. The van der Waals surface area contributed by atoms with Gasteiger partial charge in [-0.15, -0.1) is 0 Å². The summed E-state index contributed by atoms with van der Waals surface area (Å²) in [5.74, 6) is 2.35. The van der Waals surface area contributed by atoms with Crippen molar-refractivity contribution in [3.63, 3.8) is 0 Å². The second kappa shape index (κ2) is 6.76. The van der Waals surface area contributed by atoms with Crippen molar-refractivity contribution >= 4 is 28.2 Å². The monoisotopic (exact) mass is 307 g/mol. The fourth-order valence-electron chi connectivity index (χ4n) is 2.36. The quantitative estimate of drug-likeness (QED) is 0.797. The summed E-state index contributed by atoms with van der Waals surface area (Å²) in [5.41, 5.74) is 7.56. The summed E-state index contributed by atoms with van der Waals surface area (Å²) < 4.78 is 12.8. The third kappa shape index (κ3) is 3.26. The summed E-state index contributed by atoms with van der Waals surface area (Å²) in [4.78, 5) is 5.15. The molecule has 2 aromatic rings. The maximum absolute atomic E-state index is 5.73. The molecule has 0 spiro atoms. The van der Waals surface area contributed by atoms with Crippen LogP contribution in [-0.4, -0.2) is 28.8 Å². The molecule has 6 heteroatoms. The molecule has 0 aliphatic carbocycles. The average molecular weight is 307 g/mol. The fourth-order valence-corrected chi connectivity index (χ4v) is 2.49. The highest BCUT2D eigenvalue weighted by molar-refractivity contribution is 7.80. The molecule has 0 radical (unpaired) electrons. The SMILES string of the molecule is CCCCc1nc2cc(OC)c(OC)cc2n1CC(N)=S. The number of hydrogen-bond acceptors (Lipinski definition) is 4. The largest absolute Gasteiger partial charge is 0.493 e. The Morgan fingerprint density at radius 1 is 1.29 bits per heavy atom. The molecule has 0 amide bonds. The van der Waals surface area contributed by atoms with Crippen LogP contribution >= 0.6 is 12.2 Å². The standard InChI is InChI=1S/C15H21N3O2S/c1-4-5-6-15-17-10-7-12(19-2)13(20-3)8-11(10)18(15)9-14(16)21/h7-8H,4-6,9H2,1-3H3,(H2,16,21). The fraction of sp³-hybridized carbons (Fsp3) is 0.467. The molecule has 0 aliphatic rings. The third-order valence-electron chi connectivity index (χ3n) is 3.40. The second-order valence-corrected chi connectivity index (χ2v) is 5.40. The van der Waals surface area contributed by atoms with Crippen molar-refractivity contribution < 1.29 is 9.47 Å². The van der Waals surface area contributed by atoms with Gasteiger partial charge in [0.25, 0.3) is 0 Å². The number of nitrogens with zero attached hydrogens (tertiary/aromatic N) is 2. The average Bonchev–Trinajstić information content (AvgIpc) is 2.80. The highest BCUT2D eigenvalue weighted by atomic mass is 32.1. The number of hydrogen-bond donors (Lipinski definition) is 1. The molecule has 0 fully saturated rings.